The van der Waals surface area contributed by atoms with Crippen LogP contribution in [0.15, 0.2) is 150 Å². The Balaban J connectivity index is 0.000000140. The number of benzene rings is 4. The van der Waals surface area contributed by atoms with Gasteiger partial charge in [0.1, 0.15) is 11.3 Å². The smallest absolute Gasteiger partial charge is 0.120 e. The maximum Gasteiger partial charge on any atom is 0.120 e. The number of hydrogen-bond donors (Lipinski definition) is 0. The molecule has 8 aromatic rings. The van der Waals surface area contributed by atoms with E-state index >= 15 is 0 Å². The van der Waals surface area contributed by atoms with Crippen molar-refractivity contribution in [3.8, 4) is 33.8 Å². The average molecular weight is 787 g/mol. The fourth-order valence-electron chi connectivity index (χ4n) is 5.07. The van der Waals surface area contributed by atoms with Crippen LogP contribution in [-0.2, 0) is 20.1 Å². The zero-order valence-corrected chi connectivity index (χ0v) is 28.5. The molecule has 0 aliphatic carbocycles. The van der Waals surface area contributed by atoms with Crippen molar-refractivity contribution < 1.29 is 29.1 Å². The van der Waals surface area contributed by atoms with Crippen LogP contribution in [0.4, 0.5) is 0 Å². The van der Waals surface area contributed by atoms with Gasteiger partial charge in [0.25, 0.3) is 0 Å². The molecule has 0 unspecified atom stereocenters. The van der Waals surface area contributed by atoms with E-state index in [2.05, 4.69) is 41.3 Å². The minimum atomic E-state index is 0. The number of aryl methyl sites for hydroxylation is 2. The van der Waals surface area contributed by atoms with Crippen molar-refractivity contribution in [3.63, 3.8) is 0 Å². The van der Waals surface area contributed by atoms with E-state index in [1.807, 2.05) is 152 Å². The third kappa shape index (κ3) is 7.90. The van der Waals surface area contributed by atoms with Gasteiger partial charge in [-0.15, -0.1) is 84.4 Å². The first-order chi connectivity index (χ1) is 22.6. The van der Waals surface area contributed by atoms with Gasteiger partial charge in [-0.2, -0.15) is 0 Å². The zero-order chi connectivity index (χ0) is 31.7. The summed E-state index contributed by atoms with van der Waals surface area (Å²) in [6.45, 7) is 4.03. The predicted molar refractivity (Wildman–Crippen MR) is 185 cm³/mol. The van der Waals surface area contributed by atoms with Crippen LogP contribution < -0.4 is 4.57 Å². The van der Waals surface area contributed by atoms with E-state index in [4.69, 9.17) is 4.42 Å². The van der Waals surface area contributed by atoms with E-state index in [9.17, 15) is 0 Å². The molecule has 0 saturated carbocycles. The molecule has 0 N–H and O–H groups in total. The number of fused-ring (bicyclic) bond motifs is 3. The molecule has 5 heteroatoms. The summed E-state index contributed by atoms with van der Waals surface area (Å²) in [6, 6.07) is 55.4. The molecule has 0 aliphatic rings. The third-order valence-corrected chi connectivity index (χ3v) is 7.43. The van der Waals surface area contributed by atoms with E-state index < -0.39 is 0 Å². The van der Waals surface area contributed by atoms with Gasteiger partial charge in [-0.1, -0.05) is 71.1 Å². The molecule has 233 valence electrons. The van der Waals surface area contributed by atoms with Crippen molar-refractivity contribution in [3.05, 3.63) is 182 Å². The van der Waals surface area contributed by atoms with E-state index in [-0.39, 0.29) is 20.1 Å². The predicted octanol–water partition coefficient (Wildman–Crippen LogP) is 9.69. The Bertz CT molecular complexity index is 2180. The van der Waals surface area contributed by atoms with Crippen LogP contribution in [0.3, 0.4) is 0 Å². The molecule has 0 amide bonds. The number of aromatic nitrogens is 3. The maximum atomic E-state index is 5.97. The molecular formula is C42H32IrN3O-3. The van der Waals surface area contributed by atoms with Gasteiger partial charge in [-0.25, -0.2) is 0 Å². The second kappa shape index (κ2) is 15.8. The van der Waals surface area contributed by atoms with Crippen molar-refractivity contribution in [2.24, 2.45) is 0 Å². The summed E-state index contributed by atoms with van der Waals surface area (Å²) in [4.78, 5) is 8.79. The Morgan fingerprint density at radius 2 is 1.32 bits per heavy atom. The molecule has 0 saturated heterocycles. The molecule has 0 atom stereocenters. The molecule has 0 aliphatic heterocycles. The number of nitrogens with zero attached hydrogens (tertiary/aromatic N) is 3. The first-order valence-corrected chi connectivity index (χ1v) is 15.0. The summed E-state index contributed by atoms with van der Waals surface area (Å²) in [5, 5.41) is 2.23. The van der Waals surface area contributed by atoms with Crippen molar-refractivity contribution in [2.45, 2.75) is 13.8 Å². The summed E-state index contributed by atoms with van der Waals surface area (Å²) < 4.78 is 7.89. The SMILES string of the molecule is Cc1cccc(-c2[c-]cccc2)n1.[CH2-][n+]1c(C)cccc1-c1[c-]cccc1.[Ir].[c-]1ccc2c(oc3ccccc32)c1-c1ccccn1. The first kappa shape index (κ1) is 33.0. The Labute approximate surface area is 289 Å². The van der Waals surface area contributed by atoms with Gasteiger partial charge in [-0.05, 0) is 49.5 Å². The van der Waals surface area contributed by atoms with Crippen LogP contribution in [0.25, 0.3) is 55.7 Å². The topological polar surface area (TPSA) is 42.8 Å². The normalized spacial score (nSPS) is 10.3. The number of pyridine rings is 3. The van der Waals surface area contributed by atoms with Crippen molar-refractivity contribution in [2.75, 3.05) is 0 Å². The molecule has 4 aromatic heterocycles. The Morgan fingerprint density at radius 3 is 2.04 bits per heavy atom. The van der Waals surface area contributed by atoms with Gasteiger partial charge in [0.2, 0.25) is 0 Å². The number of hydrogen-bond acceptors (Lipinski definition) is 3. The van der Waals surface area contributed by atoms with Crippen molar-refractivity contribution in [1.82, 2.24) is 9.97 Å². The van der Waals surface area contributed by atoms with Gasteiger partial charge in [-0.3, -0.25) is 0 Å². The summed E-state index contributed by atoms with van der Waals surface area (Å²) in [5.74, 6) is 0. The Morgan fingerprint density at radius 1 is 0.617 bits per heavy atom. The van der Waals surface area contributed by atoms with Gasteiger partial charge in [0, 0.05) is 44.4 Å². The third-order valence-electron chi connectivity index (χ3n) is 7.43. The number of para-hydroxylation sites is 1. The Kier molecular flexibility index (Phi) is 11.1. The Hall–Kier alpha value is -5.35. The summed E-state index contributed by atoms with van der Waals surface area (Å²) in [5.41, 5.74) is 9.91. The van der Waals surface area contributed by atoms with E-state index in [0.717, 1.165) is 67.1 Å². The quantitative estimate of drug-likeness (QED) is 0.132. The van der Waals surface area contributed by atoms with Crippen LogP contribution in [0.1, 0.15) is 11.4 Å². The van der Waals surface area contributed by atoms with Crippen molar-refractivity contribution in [1.29, 1.82) is 0 Å². The number of furan rings is 1. The number of rotatable bonds is 3. The van der Waals surface area contributed by atoms with Crippen LogP contribution >= 0.6 is 0 Å². The fourth-order valence-corrected chi connectivity index (χ4v) is 5.07. The molecule has 0 spiro atoms. The monoisotopic (exact) mass is 787 g/mol. The van der Waals surface area contributed by atoms with Crippen LogP contribution in [0.5, 0.6) is 0 Å². The van der Waals surface area contributed by atoms with Crippen molar-refractivity contribution >= 4 is 21.9 Å². The largest absolute Gasteiger partial charge is 0.501 e. The van der Waals surface area contributed by atoms with Crippen LogP contribution in [0.2, 0.25) is 0 Å². The molecule has 4 aromatic carbocycles. The molecule has 1 radical (unpaired) electrons. The summed E-state index contributed by atoms with van der Waals surface area (Å²) >= 11 is 0. The summed E-state index contributed by atoms with van der Waals surface area (Å²) in [6.07, 6.45) is 1.78. The average Bonchev–Trinajstić information content (AvgIpc) is 3.50. The van der Waals surface area contributed by atoms with E-state index in [0.29, 0.717) is 0 Å². The molecule has 4 heterocycles. The molecule has 8 rings (SSSR count). The minimum absolute atomic E-state index is 0. The standard InChI is InChI=1S/C17H10NO.C13H12N.C12H10N.Ir/c1-2-10-16-12(6-1)13-7-5-8-14(17(13)19-16)15-9-3-4-11-18-15;1-11-7-6-10-13(14(11)2)12-8-4-3-5-9-12;1-10-6-5-9-12(13-10)11-7-3-2-4-8-11;/h1-7,9-11H;3-8,10H,2H2,1H3;2-7,9H,1H3;/q3*-1;. The van der Waals surface area contributed by atoms with E-state index in [1.54, 1.807) is 6.20 Å². The molecule has 0 fully saturated rings. The summed E-state index contributed by atoms with van der Waals surface area (Å²) in [7, 11) is 3.99. The van der Waals surface area contributed by atoms with Gasteiger partial charge >= 0.3 is 0 Å². The second-order valence-corrected chi connectivity index (χ2v) is 10.6. The van der Waals surface area contributed by atoms with Gasteiger partial charge < -0.3 is 19.0 Å². The van der Waals surface area contributed by atoms with Crippen LogP contribution in [0, 0.1) is 39.1 Å². The second-order valence-electron chi connectivity index (χ2n) is 10.6. The van der Waals surface area contributed by atoms with Gasteiger partial charge in [0.05, 0.1) is 11.3 Å². The minimum Gasteiger partial charge on any atom is -0.501 e. The van der Waals surface area contributed by atoms with E-state index in [1.165, 1.54) is 0 Å². The molecule has 0 bridgehead atoms. The maximum absolute atomic E-state index is 5.97. The first-order valence-electron chi connectivity index (χ1n) is 15.0. The van der Waals surface area contributed by atoms with Gasteiger partial charge in [0.15, 0.2) is 0 Å². The van der Waals surface area contributed by atoms with Crippen LogP contribution in [-0.4, -0.2) is 9.97 Å². The molecular weight excluding hydrogens is 755 g/mol. The molecule has 47 heavy (non-hydrogen) atoms. The molecule has 4 nitrogen and oxygen atoms in total. The zero-order valence-electron chi connectivity index (χ0n) is 26.1. The fraction of sp³-hybridized carbons (Fsp3) is 0.0476.